The zero-order chi connectivity index (χ0) is 14.5. The van der Waals surface area contributed by atoms with Crippen LogP contribution in [0, 0.1) is 0 Å². The molecular weight excluding hydrogens is 254 g/mol. The van der Waals surface area contributed by atoms with Gasteiger partial charge in [-0.2, -0.15) is 5.10 Å². The topological polar surface area (TPSA) is 56.1 Å². The number of carbonyl (C=O) groups excluding carboxylic acids is 1. The Hall–Kier alpha value is -1.36. The number of ether oxygens (including phenoxy) is 1. The molecule has 5 heteroatoms. The van der Waals surface area contributed by atoms with Crippen LogP contribution in [0.2, 0.25) is 0 Å². The van der Waals surface area contributed by atoms with Crippen LogP contribution < -0.4 is 5.32 Å². The van der Waals surface area contributed by atoms with Gasteiger partial charge in [-0.15, -0.1) is 0 Å². The lowest BCUT2D eigenvalue weighted by Gasteiger charge is -2.20. The van der Waals surface area contributed by atoms with Gasteiger partial charge in [-0.1, -0.05) is 12.8 Å². The van der Waals surface area contributed by atoms with Crippen molar-refractivity contribution in [2.24, 2.45) is 0 Å². The van der Waals surface area contributed by atoms with Gasteiger partial charge in [-0.05, 0) is 33.6 Å². The van der Waals surface area contributed by atoms with Gasteiger partial charge in [0.15, 0.2) is 0 Å². The predicted octanol–water partition coefficient (Wildman–Crippen LogP) is 2.60. The Bertz CT molecular complexity index is 436. The third-order valence-electron chi connectivity index (χ3n) is 3.76. The van der Waals surface area contributed by atoms with Crippen molar-refractivity contribution in [2.75, 3.05) is 6.61 Å². The highest BCUT2D eigenvalue weighted by atomic mass is 16.5. The molecule has 0 saturated heterocycles. The molecule has 1 aromatic rings. The minimum Gasteiger partial charge on any atom is -0.465 e. The molecule has 0 spiro atoms. The fourth-order valence-corrected chi connectivity index (χ4v) is 2.64. The highest BCUT2D eigenvalue weighted by Crippen LogP contribution is 2.23. The Morgan fingerprint density at radius 3 is 2.75 bits per heavy atom. The molecule has 1 saturated carbocycles. The Morgan fingerprint density at radius 2 is 2.20 bits per heavy atom. The van der Waals surface area contributed by atoms with Gasteiger partial charge in [0.1, 0.15) is 6.04 Å². The second kappa shape index (κ2) is 6.88. The van der Waals surface area contributed by atoms with Crippen molar-refractivity contribution in [3.05, 3.63) is 18.0 Å². The molecule has 0 bridgehead atoms. The summed E-state index contributed by atoms with van der Waals surface area (Å²) in [5, 5.41) is 7.76. The summed E-state index contributed by atoms with van der Waals surface area (Å²) in [7, 11) is 0. The van der Waals surface area contributed by atoms with Crippen molar-refractivity contribution in [3.8, 4) is 0 Å². The molecular formula is C15H25N3O2. The fourth-order valence-electron chi connectivity index (χ4n) is 2.64. The van der Waals surface area contributed by atoms with Crippen LogP contribution >= 0.6 is 0 Å². The average molecular weight is 279 g/mol. The number of aromatic nitrogens is 2. The lowest BCUT2D eigenvalue weighted by molar-refractivity contribution is -0.146. The summed E-state index contributed by atoms with van der Waals surface area (Å²) < 4.78 is 7.07. The van der Waals surface area contributed by atoms with E-state index >= 15 is 0 Å². The van der Waals surface area contributed by atoms with Crippen molar-refractivity contribution < 1.29 is 9.53 Å². The third kappa shape index (κ3) is 3.60. The molecule has 2 rings (SSSR count). The monoisotopic (exact) mass is 279 g/mol. The van der Waals surface area contributed by atoms with E-state index in [1.165, 1.54) is 12.8 Å². The zero-order valence-corrected chi connectivity index (χ0v) is 12.6. The van der Waals surface area contributed by atoms with Gasteiger partial charge in [0.2, 0.25) is 0 Å². The summed E-state index contributed by atoms with van der Waals surface area (Å²) in [6, 6.07) is 0.301. The van der Waals surface area contributed by atoms with Gasteiger partial charge in [0.05, 0.1) is 12.8 Å². The number of hydrogen-bond acceptors (Lipinski definition) is 4. The van der Waals surface area contributed by atoms with Gasteiger partial charge in [-0.3, -0.25) is 10.00 Å². The van der Waals surface area contributed by atoms with Crippen LogP contribution in [0.15, 0.2) is 12.4 Å². The third-order valence-corrected chi connectivity index (χ3v) is 3.76. The Morgan fingerprint density at radius 1 is 1.50 bits per heavy atom. The average Bonchev–Trinajstić information content (AvgIpc) is 3.07. The first-order valence-electron chi connectivity index (χ1n) is 7.58. The second-order valence-electron chi connectivity index (χ2n) is 5.68. The van der Waals surface area contributed by atoms with Crippen molar-refractivity contribution in [1.29, 1.82) is 0 Å². The summed E-state index contributed by atoms with van der Waals surface area (Å²) in [6.45, 7) is 6.38. The maximum absolute atomic E-state index is 12.2. The zero-order valence-electron chi connectivity index (χ0n) is 12.6. The van der Waals surface area contributed by atoms with E-state index in [1.807, 2.05) is 17.8 Å². The van der Waals surface area contributed by atoms with Crippen LogP contribution in [-0.4, -0.2) is 28.4 Å². The molecule has 0 radical (unpaired) electrons. The molecule has 0 aromatic carbocycles. The van der Waals surface area contributed by atoms with Crippen molar-refractivity contribution >= 4 is 5.97 Å². The molecule has 1 N–H and O–H groups in total. The molecule has 0 amide bonds. The maximum atomic E-state index is 12.2. The second-order valence-corrected chi connectivity index (χ2v) is 5.68. The molecule has 1 unspecified atom stereocenters. The largest absolute Gasteiger partial charge is 0.465 e. The minimum absolute atomic E-state index is 0.206. The van der Waals surface area contributed by atoms with Crippen LogP contribution in [0.5, 0.6) is 0 Å². The van der Waals surface area contributed by atoms with Crippen LogP contribution in [-0.2, 0) is 9.53 Å². The minimum atomic E-state index is -0.398. The normalized spacial score (nSPS) is 17.6. The summed E-state index contributed by atoms with van der Waals surface area (Å²) in [5.41, 5.74) is 0.893. The standard InChI is InChI=1S/C15H25N3O2/c1-4-20-15(19)14(17-13-7-5-6-8-13)12-9-16-18(10-12)11(2)3/h9-11,13-14,17H,4-8H2,1-3H3. The Kier molecular flexibility index (Phi) is 5.17. The van der Waals surface area contributed by atoms with Crippen LogP contribution in [0.4, 0.5) is 0 Å². The molecule has 1 aliphatic carbocycles. The molecule has 1 fully saturated rings. The molecule has 1 aliphatic rings. The number of rotatable bonds is 6. The lowest BCUT2D eigenvalue weighted by atomic mass is 10.1. The number of esters is 1. The van der Waals surface area contributed by atoms with E-state index in [0.29, 0.717) is 12.6 Å². The van der Waals surface area contributed by atoms with Crippen molar-refractivity contribution in [1.82, 2.24) is 15.1 Å². The quantitative estimate of drug-likeness (QED) is 0.813. The van der Waals surface area contributed by atoms with Crippen molar-refractivity contribution in [2.45, 2.75) is 64.6 Å². The number of hydrogen-bond donors (Lipinski definition) is 1. The SMILES string of the molecule is CCOC(=O)C(NC1CCCC1)c1cnn(C(C)C)c1. The van der Waals surface area contributed by atoms with E-state index in [4.69, 9.17) is 4.74 Å². The first kappa shape index (κ1) is 15.0. The molecule has 0 aliphatic heterocycles. The molecule has 1 atom stereocenters. The highest BCUT2D eigenvalue weighted by molar-refractivity contribution is 5.77. The van der Waals surface area contributed by atoms with E-state index in [0.717, 1.165) is 18.4 Å². The van der Waals surface area contributed by atoms with E-state index in [-0.39, 0.29) is 12.0 Å². The van der Waals surface area contributed by atoms with Gasteiger partial charge in [0, 0.05) is 23.8 Å². The van der Waals surface area contributed by atoms with Crippen LogP contribution in [0.1, 0.15) is 64.1 Å². The first-order valence-corrected chi connectivity index (χ1v) is 7.58. The summed E-state index contributed by atoms with van der Waals surface area (Å²) in [4.78, 5) is 12.2. The first-order chi connectivity index (χ1) is 9.61. The van der Waals surface area contributed by atoms with Crippen LogP contribution in [0.3, 0.4) is 0 Å². The van der Waals surface area contributed by atoms with Gasteiger partial charge < -0.3 is 4.74 Å². The molecule has 1 heterocycles. The maximum Gasteiger partial charge on any atom is 0.327 e. The number of nitrogens with zero attached hydrogens (tertiary/aromatic N) is 2. The smallest absolute Gasteiger partial charge is 0.327 e. The van der Waals surface area contributed by atoms with Crippen LogP contribution in [0.25, 0.3) is 0 Å². The Labute approximate surface area is 120 Å². The van der Waals surface area contributed by atoms with E-state index < -0.39 is 6.04 Å². The summed E-state index contributed by atoms with van der Waals surface area (Å²) in [6.07, 6.45) is 8.44. The molecule has 112 valence electrons. The van der Waals surface area contributed by atoms with Gasteiger partial charge in [0.25, 0.3) is 0 Å². The van der Waals surface area contributed by atoms with Crippen molar-refractivity contribution in [3.63, 3.8) is 0 Å². The fraction of sp³-hybridized carbons (Fsp3) is 0.733. The van der Waals surface area contributed by atoms with Gasteiger partial charge in [-0.25, -0.2) is 4.79 Å². The molecule has 20 heavy (non-hydrogen) atoms. The number of nitrogens with one attached hydrogen (secondary N) is 1. The lowest BCUT2D eigenvalue weighted by Crippen LogP contribution is -2.36. The van der Waals surface area contributed by atoms with E-state index in [9.17, 15) is 4.79 Å². The Balaban J connectivity index is 2.13. The highest BCUT2D eigenvalue weighted by Gasteiger charge is 2.27. The summed E-state index contributed by atoms with van der Waals surface area (Å²) >= 11 is 0. The van der Waals surface area contributed by atoms with Gasteiger partial charge >= 0.3 is 5.97 Å². The molecule has 5 nitrogen and oxygen atoms in total. The predicted molar refractivity (Wildman–Crippen MR) is 77.4 cm³/mol. The van der Waals surface area contributed by atoms with E-state index in [2.05, 4.69) is 24.3 Å². The number of carbonyl (C=O) groups is 1. The molecule has 1 aromatic heterocycles. The van der Waals surface area contributed by atoms with E-state index in [1.54, 1.807) is 6.20 Å². The summed E-state index contributed by atoms with van der Waals surface area (Å²) in [5.74, 6) is -0.206.